The molecular weight excluding hydrogens is 235 g/mol. The van der Waals surface area contributed by atoms with Crippen LogP contribution in [0.4, 0.5) is 13.2 Å². The van der Waals surface area contributed by atoms with Crippen LogP contribution >= 0.6 is 0 Å². The third-order valence-corrected chi connectivity index (χ3v) is 2.01. The van der Waals surface area contributed by atoms with Crippen molar-refractivity contribution in [1.29, 1.82) is 0 Å². The first-order valence-corrected chi connectivity index (χ1v) is 4.91. The van der Waals surface area contributed by atoms with E-state index in [2.05, 4.69) is 4.98 Å². The van der Waals surface area contributed by atoms with E-state index < -0.39 is 12.1 Å². The van der Waals surface area contributed by atoms with Gasteiger partial charge < -0.3 is 10.6 Å². The number of amides is 1. The molecule has 1 rings (SSSR count). The Hall–Kier alpha value is -1.63. The van der Waals surface area contributed by atoms with E-state index in [0.717, 1.165) is 0 Å². The van der Waals surface area contributed by atoms with Gasteiger partial charge in [-0.1, -0.05) is 6.07 Å². The van der Waals surface area contributed by atoms with Gasteiger partial charge in [-0.15, -0.1) is 0 Å². The van der Waals surface area contributed by atoms with Crippen molar-refractivity contribution in [3.8, 4) is 0 Å². The maximum atomic E-state index is 12.3. The van der Waals surface area contributed by atoms with Crippen molar-refractivity contribution in [3.05, 3.63) is 30.1 Å². The fraction of sp³-hybridized carbons (Fsp3) is 0.400. The van der Waals surface area contributed by atoms with Crippen LogP contribution in [-0.4, -0.2) is 35.1 Å². The molecule has 4 nitrogen and oxygen atoms in total. The SMILES string of the molecule is NCCN(Cc1ccccn1)C(=O)C(F)(F)F. The molecule has 0 aliphatic rings. The van der Waals surface area contributed by atoms with Crippen molar-refractivity contribution < 1.29 is 18.0 Å². The predicted molar refractivity (Wildman–Crippen MR) is 54.8 cm³/mol. The first kappa shape index (κ1) is 13.4. The third kappa shape index (κ3) is 4.03. The lowest BCUT2D eigenvalue weighted by atomic mass is 10.3. The molecule has 0 radical (unpaired) electrons. The monoisotopic (exact) mass is 247 g/mol. The lowest BCUT2D eigenvalue weighted by molar-refractivity contribution is -0.186. The normalized spacial score (nSPS) is 11.3. The Balaban J connectivity index is 2.77. The zero-order valence-corrected chi connectivity index (χ0v) is 8.94. The Morgan fingerprint density at radius 1 is 1.41 bits per heavy atom. The van der Waals surface area contributed by atoms with Gasteiger partial charge in [0.15, 0.2) is 0 Å². The minimum absolute atomic E-state index is 0.0331. The maximum absolute atomic E-state index is 12.3. The Labute approximate surface area is 96.2 Å². The van der Waals surface area contributed by atoms with Crippen molar-refractivity contribution >= 4 is 5.91 Å². The molecule has 0 aliphatic carbocycles. The standard InChI is InChI=1S/C10H12F3N3O/c11-10(12,13)9(17)16(6-4-14)7-8-3-1-2-5-15-8/h1-3,5H,4,6-7,14H2. The molecule has 94 valence electrons. The van der Waals surface area contributed by atoms with Crippen LogP contribution in [0.1, 0.15) is 5.69 Å². The molecule has 17 heavy (non-hydrogen) atoms. The molecule has 0 atom stereocenters. The van der Waals surface area contributed by atoms with Crippen LogP contribution in [0.15, 0.2) is 24.4 Å². The Morgan fingerprint density at radius 3 is 2.59 bits per heavy atom. The zero-order chi connectivity index (χ0) is 12.9. The van der Waals surface area contributed by atoms with Crippen molar-refractivity contribution in [3.63, 3.8) is 0 Å². The number of nitrogens with zero attached hydrogens (tertiary/aromatic N) is 2. The second-order valence-electron chi connectivity index (χ2n) is 3.33. The van der Waals surface area contributed by atoms with Gasteiger partial charge in [-0.2, -0.15) is 13.2 Å². The van der Waals surface area contributed by atoms with Crippen LogP contribution < -0.4 is 5.73 Å². The van der Waals surface area contributed by atoms with E-state index in [1.165, 1.54) is 6.20 Å². The second-order valence-corrected chi connectivity index (χ2v) is 3.33. The fourth-order valence-electron chi connectivity index (χ4n) is 1.27. The lowest BCUT2D eigenvalue weighted by Crippen LogP contribution is -2.43. The smallest absolute Gasteiger partial charge is 0.329 e. The molecular formula is C10H12F3N3O. The van der Waals surface area contributed by atoms with Crippen molar-refractivity contribution in [1.82, 2.24) is 9.88 Å². The lowest BCUT2D eigenvalue weighted by Gasteiger charge is -2.22. The Bertz CT molecular complexity index is 367. The minimum atomic E-state index is -4.88. The molecule has 2 N–H and O–H groups in total. The van der Waals surface area contributed by atoms with Crippen LogP contribution in [0, 0.1) is 0 Å². The highest BCUT2D eigenvalue weighted by Gasteiger charge is 2.42. The number of carbonyl (C=O) groups excluding carboxylic acids is 1. The van der Waals surface area contributed by atoms with Gasteiger partial charge in [0.05, 0.1) is 12.2 Å². The minimum Gasteiger partial charge on any atom is -0.329 e. The number of nitrogens with two attached hydrogens (primary N) is 1. The van der Waals surface area contributed by atoms with Crippen LogP contribution in [0.5, 0.6) is 0 Å². The van der Waals surface area contributed by atoms with E-state index in [-0.39, 0.29) is 19.6 Å². The first-order valence-electron chi connectivity index (χ1n) is 4.91. The van der Waals surface area contributed by atoms with E-state index in [1.807, 2.05) is 0 Å². The summed E-state index contributed by atoms with van der Waals surface area (Å²) in [5.74, 6) is -1.89. The number of carbonyl (C=O) groups is 1. The molecule has 0 unspecified atom stereocenters. The zero-order valence-electron chi connectivity index (χ0n) is 8.94. The van der Waals surface area contributed by atoms with Crippen molar-refractivity contribution in [2.75, 3.05) is 13.1 Å². The highest BCUT2D eigenvalue weighted by molar-refractivity contribution is 5.81. The highest BCUT2D eigenvalue weighted by atomic mass is 19.4. The summed E-state index contributed by atoms with van der Waals surface area (Å²) in [6, 6.07) is 4.83. The average Bonchev–Trinajstić information content (AvgIpc) is 2.28. The summed E-state index contributed by atoms with van der Waals surface area (Å²) in [5.41, 5.74) is 5.57. The molecule has 1 heterocycles. The molecule has 0 aliphatic heterocycles. The molecule has 0 bridgehead atoms. The van der Waals surface area contributed by atoms with Crippen LogP contribution in [0.2, 0.25) is 0 Å². The Morgan fingerprint density at radius 2 is 2.12 bits per heavy atom. The third-order valence-electron chi connectivity index (χ3n) is 2.01. The predicted octanol–water partition coefficient (Wildman–Crippen LogP) is 0.931. The summed E-state index contributed by atoms with van der Waals surface area (Å²) in [4.78, 5) is 15.6. The number of rotatable bonds is 4. The summed E-state index contributed by atoms with van der Waals surface area (Å²) in [6.07, 6.45) is -3.43. The molecule has 1 amide bonds. The first-order chi connectivity index (χ1) is 7.95. The van der Waals surface area contributed by atoms with Gasteiger partial charge in [-0.05, 0) is 12.1 Å². The molecule has 0 aromatic carbocycles. The summed E-state index contributed by atoms with van der Waals surface area (Å²) in [6.45, 7) is -0.389. The van der Waals surface area contributed by atoms with Crippen LogP contribution in [-0.2, 0) is 11.3 Å². The average molecular weight is 247 g/mol. The molecule has 7 heteroatoms. The van der Waals surface area contributed by atoms with E-state index in [9.17, 15) is 18.0 Å². The summed E-state index contributed by atoms with van der Waals surface area (Å²) in [7, 11) is 0. The largest absolute Gasteiger partial charge is 0.471 e. The van der Waals surface area contributed by atoms with Gasteiger partial charge in [-0.25, -0.2) is 0 Å². The van der Waals surface area contributed by atoms with E-state index >= 15 is 0 Å². The molecule has 0 fully saturated rings. The van der Waals surface area contributed by atoms with E-state index in [1.54, 1.807) is 18.2 Å². The van der Waals surface area contributed by atoms with Gasteiger partial charge in [0.25, 0.3) is 0 Å². The highest BCUT2D eigenvalue weighted by Crippen LogP contribution is 2.19. The number of hydrogen-bond acceptors (Lipinski definition) is 3. The van der Waals surface area contributed by atoms with Gasteiger partial charge in [0.2, 0.25) is 0 Å². The number of halogens is 3. The topological polar surface area (TPSA) is 59.2 Å². The van der Waals surface area contributed by atoms with E-state index in [4.69, 9.17) is 5.73 Å². The van der Waals surface area contributed by atoms with Gasteiger partial charge in [0, 0.05) is 19.3 Å². The number of hydrogen-bond donors (Lipinski definition) is 1. The molecule has 0 saturated heterocycles. The van der Waals surface area contributed by atoms with Gasteiger partial charge in [-0.3, -0.25) is 9.78 Å². The molecule has 1 aromatic rings. The van der Waals surface area contributed by atoms with Crippen LogP contribution in [0.3, 0.4) is 0 Å². The molecule has 0 spiro atoms. The number of alkyl halides is 3. The number of aromatic nitrogens is 1. The van der Waals surface area contributed by atoms with Crippen molar-refractivity contribution in [2.24, 2.45) is 5.73 Å². The van der Waals surface area contributed by atoms with Gasteiger partial charge >= 0.3 is 12.1 Å². The Kier molecular flexibility index (Phi) is 4.45. The molecule has 0 saturated carbocycles. The summed E-state index contributed by atoms with van der Waals surface area (Å²) >= 11 is 0. The van der Waals surface area contributed by atoms with Crippen molar-refractivity contribution in [2.45, 2.75) is 12.7 Å². The number of pyridine rings is 1. The summed E-state index contributed by atoms with van der Waals surface area (Å²) < 4.78 is 36.8. The van der Waals surface area contributed by atoms with Crippen LogP contribution in [0.25, 0.3) is 0 Å². The quantitative estimate of drug-likeness (QED) is 0.861. The van der Waals surface area contributed by atoms with Gasteiger partial charge in [0.1, 0.15) is 0 Å². The molecule has 1 aromatic heterocycles. The second kappa shape index (κ2) is 5.62. The summed E-state index contributed by atoms with van der Waals surface area (Å²) in [5, 5.41) is 0. The maximum Gasteiger partial charge on any atom is 0.471 e. The fourth-order valence-corrected chi connectivity index (χ4v) is 1.27. The van der Waals surface area contributed by atoms with E-state index in [0.29, 0.717) is 10.6 Å².